The topological polar surface area (TPSA) is 106 Å². The van der Waals surface area contributed by atoms with Crippen molar-refractivity contribution < 1.29 is 9.34 Å². The second-order valence-electron chi connectivity index (χ2n) is 6.44. The summed E-state index contributed by atoms with van der Waals surface area (Å²) in [6.45, 7) is 5.25. The Bertz CT molecular complexity index is 996. The highest BCUT2D eigenvalue weighted by Gasteiger charge is 2.12. The third-order valence-corrected chi connectivity index (χ3v) is 4.23. The van der Waals surface area contributed by atoms with Gasteiger partial charge in [-0.05, 0) is 26.0 Å². The van der Waals surface area contributed by atoms with E-state index in [1.807, 2.05) is 38.1 Å². The molecule has 0 spiro atoms. The van der Waals surface area contributed by atoms with Gasteiger partial charge in [-0.2, -0.15) is 0 Å². The van der Waals surface area contributed by atoms with Gasteiger partial charge in [-0.25, -0.2) is 9.98 Å². The predicted molar refractivity (Wildman–Crippen MR) is 111 cm³/mol. The minimum Gasteiger partial charge on any atom is -0.444 e. The molecule has 3 aromatic rings. The molecule has 0 bridgehead atoms. The highest BCUT2D eigenvalue weighted by Crippen LogP contribution is 2.19. The molecule has 0 saturated heterocycles. The van der Waals surface area contributed by atoms with E-state index in [1.165, 1.54) is 11.6 Å². The van der Waals surface area contributed by atoms with E-state index in [2.05, 4.69) is 20.6 Å². The lowest BCUT2D eigenvalue weighted by Gasteiger charge is -2.10. The molecule has 0 amide bonds. The molecule has 0 radical (unpaired) electrons. The number of aromatic nitrogens is 1. The normalized spacial score (nSPS) is 11.3. The van der Waals surface area contributed by atoms with Crippen molar-refractivity contribution in [1.29, 1.82) is 0 Å². The van der Waals surface area contributed by atoms with E-state index in [9.17, 15) is 10.1 Å². The van der Waals surface area contributed by atoms with Crippen LogP contribution in [0, 0.1) is 17.0 Å². The van der Waals surface area contributed by atoms with Gasteiger partial charge < -0.3 is 15.1 Å². The highest BCUT2D eigenvalue weighted by atomic mass is 16.6. The Morgan fingerprint density at radius 2 is 1.93 bits per heavy atom. The van der Waals surface area contributed by atoms with Crippen LogP contribution in [0.2, 0.25) is 0 Å². The summed E-state index contributed by atoms with van der Waals surface area (Å²) in [6, 6.07) is 14.6. The molecule has 0 saturated carbocycles. The maximum absolute atomic E-state index is 11.1. The van der Waals surface area contributed by atoms with Crippen LogP contribution in [0.3, 0.4) is 0 Å². The number of hydrogen-bond acceptors (Lipinski definition) is 5. The second-order valence-corrected chi connectivity index (χ2v) is 6.44. The van der Waals surface area contributed by atoms with Gasteiger partial charge in [0.1, 0.15) is 6.26 Å². The molecule has 0 fully saturated rings. The Kier molecular flexibility index (Phi) is 6.57. The average molecular weight is 393 g/mol. The van der Waals surface area contributed by atoms with Crippen molar-refractivity contribution in [2.24, 2.45) is 4.99 Å². The van der Waals surface area contributed by atoms with Crippen LogP contribution in [0.5, 0.6) is 0 Å². The molecule has 0 aliphatic carbocycles. The molecule has 2 N–H and O–H groups in total. The Morgan fingerprint density at radius 3 is 2.66 bits per heavy atom. The summed E-state index contributed by atoms with van der Waals surface area (Å²) in [4.78, 5) is 19.7. The Morgan fingerprint density at radius 1 is 1.17 bits per heavy atom. The van der Waals surface area contributed by atoms with E-state index in [0.29, 0.717) is 30.5 Å². The molecule has 3 rings (SSSR count). The number of nitrogens with one attached hydrogen (secondary N) is 2. The number of hydrogen-bond donors (Lipinski definition) is 2. The molecule has 1 aromatic heterocycles. The fourth-order valence-corrected chi connectivity index (χ4v) is 2.72. The summed E-state index contributed by atoms with van der Waals surface area (Å²) in [5.41, 5.74) is 3.44. The monoisotopic (exact) mass is 393 g/mol. The number of guanidine groups is 1. The molecule has 0 aliphatic rings. The molecule has 8 heteroatoms. The molecule has 0 atom stereocenters. The van der Waals surface area contributed by atoms with Crippen LogP contribution in [-0.2, 0) is 13.1 Å². The fourth-order valence-electron chi connectivity index (χ4n) is 2.72. The maximum Gasteiger partial charge on any atom is 0.274 e. The van der Waals surface area contributed by atoms with Gasteiger partial charge in [-0.1, -0.05) is 35.9 Å². The van der Waals surface area contributed by atoms with Crippen LogP contribution in [0.1, 0.15) is 23.7 Å². The van der Waals surface area contributed by atoms with Crippen molar-refractivity contribution in [1.82, 2.24) is 15.6 Å². The second kappa shape index (κ2) is 9.50. The van der Waals surface area contributed by atoms with E-state index in [1.54, 1.807) is 24.5 Å². The first kappa shape index (κ1) is 20.1. The molecule has 8 nitrogen and oxygen atoms in total. The molecular weight excluding hydrogens is 370 g/mol. The van der Waals surface area contributed by atoms with Gasteiger partial charge in [-0.15, -0.1) is 0 Å². The van der Waals surface area contributed by atoms with Crippen LogP contribution >= 0.6 is 0 Å². The van der Waals surface area contributed by atoms with Crippen LogP contribution in [-0.4, -0.2) is 22.4 Å². The van der Waals surface area contributed by atoms with Crippen molar-refractivity contribution in [3.8, 4) is 11.5 Å². The van der Waals surface area contributed by atoms with E-state index in [0.717, 1.165) is 11.3 Å². The first-order valence-electron chi connectivity index (χ1n) is 9.32. The van der Waals surface area contributed by atoms with E-state index >= 15 is 0 Å². The molecule has 0 aliphatic heterocycles. The number of aliphatic imine (C=N–C) groups is 1. The zero-order valence-corrected chi connectivity index (χ0v) is 16.4. The molecule has 29 heavy (non-hydrogen) atoms. The number of oxazole rings is 1. The fraction of sp³-hybridized carbons (Fsp3) is 0.238. The third kappa shape index (κ3) is 5.41. The predicted octanol–water partition coefficient (Wildman–Crippen LogP) is 3.81. The Labute approximate surface area is 168 Å². The van der Waals surface area contributed by atoms with Crippen LogP contribution < -0.4 is 10.6 Å². The van der Waals surface area contributed by atoms with E-state index in [4.69, 9.17) is 4.42 Å². The van der Waals surface area contributed by atoms with E-state index < -0.39 is 4.92 Å². The number of nitro benzene ring substituents is 1. The van der Waals surface area contributed by atoms with Crippen molar-refractivity contribution in [2.45, 2.75) is 26.9 Å². The standard InChI is InChI=1S/C21H23N5O3/c1-3-22-21(23-12-17-6-4-5-7-19(17)26(27)28)24-13-18-14-29-20(25-18)16-10-8-15(2)9-11-16/h4-11,14H,3,12-13H2,1-2H3,(H2,22,23,24). The summed E-state index contributed by atoms with van der Waals surface area (Å²) < 4.78 is 5.57. The lowest BCUT2D eigenvalue weighted by Crippen LogP contribution is -2.36. The van der Waals surface area contributed by atoms with E-state index in [-0.39, 0.29) is 12.2 Å². The Hall–Kier alpha value is -3.68. The lowest BCUT2D eigenvalue weighted by molar-refractivity contribution is -0.385. The zero-order valence-electron chi connectivity index (χ0n) is 16.4. The van der Waals surface area contributed by atoms with Crippen molar-refractivity contribution in [3.63, 3.8) is 0 Å². The molecule has 0 unspecified atom stereocenters. The number of benzene rings is 2. The summed E-state index contributed by atoms with van der Waals surface area (Å²) in [5, 5.41) is 17.5. The van der Waals surface area contributed by atoms with Crippen LogP contribution in [0.4, 0.5) is 5.69 Å². The van der Waals surface area contributed by atoms with Crippen LogP contribution in [0.15, 0.2) is 64.2 Å². The average Bonchev–Trinajstić information content (AvgIpc) is 3.20. The molecule has 150 valence electrons. The first-order valence-corrected chi connectivity index (χ1v) is 9.32. The molecule has 2 aromatic carbocycles. The van der Waals surface area contributed by atoms with Crippen LogP contribution in [0.25, 0.3) is 11.5 Å². The molecule has 1 heterocycles. The van der Waals surface area contributed by atoms with Gasteiger partial charge in [0, 0.05) is 18.2 Å². The van der Waals surface area contributed by atoms with Gasteiger partial charge >= 0.3 is 0 Å². The van der Waals surface area contributed by atoms with Gasteiger partial charge in [0.2, 0.25) is 5.89 Å². The van der Waals surface area contributed by atoms with Gasteiger partial charge in [0.05, 0.1) is 29.3 Å². The van der Waals surface area contributed by atoms with Gasteiger partial charge in [-0.3, -0.25) is 10.1 Å². The third-order valence-electron chi connectivity index (χ3n) is 4.23. The number of nitrogens with zero attached hydrogens (tertiary/aromatic N) is 3. The minimum atomic E-state index is -0.396. The summed E-state index contributed by atoms with van der Waals surface area (Å²) in [6.07, 6.45) is 1.60. The number of para-hydroxylation sites is 1. The summed E-state index contributed by atoms with van der Waals surface area (Å²) in [5.74, 6) is 1.11. The number of nitro groups is 1. The minimum absolute atomic E-state index is 0.0614. The quantitative estimate of drug-likeness (QED) is 0.274. The van der Waals surface area contributed by atoms with Gasteiger partial charge in [0.15, 0.2) is 5.96 Å². The van der Waals surface area contributed by atoms with Crippen molar-refractivity contribution in [2.75, 3.05) is 6.54 Å². The largest absolute Gasteiger partial charge is 0.444 e. The summed E-state index contributed by atoms with van der Waals surface area (Å²) >= 11 is 0. The van der Waals surface area contributed by atoms with Gasteiger partial charge in [0.25, 0.3) is 5.69 Å². The lowest BCUT2D eigenvalue weighted by atomic mass is 10.1. The maximum atomic E-state index is 11.1. The highest BCUT2D eigenvalue weighted by molar-refractivity contribution is 5.79. The molecular formula is C21H23N5O3. The SMILES string of the molecule is CCNC(=NCc1ccccc1[N+](=O)[O-])NCc1coc(-c2ccc(C)cc2)n1. The summed E-state index contributed by atoms with van der Waals surface area (Å²) in [7, 11) is 0. The number of rotatable bonds is 7. The smallest absolute Gasteiger partial charge is 0.274 e. The Balaban J connectivity index is 1.66. The zero-order chi connectivity index (χ0) is 20.6. The number of aryl methyl sites for hydroxylation is 1. The van der Waals surface area contributed by atoms with Crippen molar-refractivity contribution in [3.05, 3.63) is 81.7 Å². The van der Waals surface area contributed by atoms with Crippen molar-refractivity contribution >= 4 is 11.6 Å². The first-order chi connectivity index (χ1) is 14.1.